The van der Waals surface area contributed by atoms with Crippen LogP contribution in [-0.4, -0.2) is 18.4 Å². The van der Waals surface area contributed by atoms with Crippen LogP contribution in [0.1, 0.15) is 31.2 Å². The number of ketones is 1. The van der Waals surface area contributed by atoms with Crippen molar-refractivity contribution in [1.29, 1.82) is 0 Å². The topological polar surface area (TPSA) is 52.3 Å². The standard InChI is InChI=1S/C14H18BrNO2/c1-18-11-4-5-12(15)10(8-11)9-13(17)14(16)6-2-3-7-14/h4-5,8H,2-3,6-7,9,16H2,1H3. The third kappa shape index (κ3) is 2.75. The first-order valence-electron chi connectivity index (χ1n) is 6.20. The summed E-state index contributed by atoms with van der Waals surface area (Å²) < 4.78 is 6.11. The van der Waals surface area contributed by atoms with Crippen LogP contribution in [0.15, 0.2) is 22.7 Å². The number of rotatable bonds is 4. The molecule has 2 N–H and O–H groups in total. The molecule has 0 unspecified atom stereocenters. The number of Topliss-reactive ketones (excluding diaryl/α,β-unsaturated/α-hetero) is 1. The maximum atomic E-state index is 12.3. The number of methoxy groups -OCH3 is 1. The summed E-state index contributed by atoms with van der Waals surface area (Å²) >= 11 is 3.47. The van der Waals surface area contributed by atoms with Crippen molar-refractivity contribution in [1.82, 2.24) is 0 Å². The average Bonchev–Trinajstić information content (AvgIpc) is 2.80. The van der Waals surface area contributed by atoms with E-state index in [9.17, 15) is 4.79 Å². The molecular weight excluding hydrogens is 294 g/mol. The lowest BCUT2D eigenvalue weighted by molar-refractivity contribution is -0.123. The zero-order chi connectivity index (χ0) is 13.2. The van der Waals surface area contributed by atoms with Crippen molar-refractivity contribution in [2.24, 2.45) is 5.73 Å². The molecule has 98 valence electrons. The molecule has 0 bridgehead atoms. The highest BCUT2D eigenvalue weighted by Crippen LogP contribution is 2.31. The third-order valence-electron chi connectivity index (χ3n) is 3.65. The van der Waals surface area contributed by atoms with Gasteiger partial charge in [-0.15, -0.1) is 0 Å². The van der Waals surface area contributed by atoms with Crippen molar-refractivity contribution >= 4 is 21.7 Å². The molecule has 1 aromatic carbocycles. The molecule has 1 fully saturated rings. The van der Waals surface area contributed by atoms with Crippen LogP contribution in [0.3, 0.4) is 0 Å². The number of benzene rings is 1. The van der Waals surface area contributed by atoms with Crippen molar-refractivity contribution in [3.05, 3.63) is 28.2 Å². The second-order valence-corrected chi connectivity index (χ2v) is 5.77. The molecule has 1 aliphatic carbocycles. The van der Waals surface area contributed by atoms with Gasteiger partial charge < -0.3 is 10.5 Å². The van der Waals surface area contributed by atoms with Crippen LogP contribution in [0.25, 0.3) is 0 Å². The molecule has 0 radical (unpaired) electrons. The van der Waals surface area contributed by atoms with E-state index in [1.54, 1.807) is 7.11 Å². The van der Waals surface area contributed by atoms with Crippen LogP contribution in [0.5, 0.6) is 5.75 Å². The Morgan fingerprint density at radius 1 is 1.44 bits per heavy atom. The van der Waals surface area contributed by atoms with Gasteiger partial charge in [0.05, 0.1) is 12.6 Å². The van der Waals surface area contributed by atoms with Crippen molar-refractivity contribution in [2.45, 2.75) is 37.6 Å². The molecule has 0 amide bonds. The van der Waals surface area contributed by atoms with E-state index in [0.29, 0.717) is 6.42 Å². The molecule has 0 aromatic heterocycles. The summed E-state index contributed by atoms with van der Waals surface area (Å²) in [7, 11) is 1.62. The molecule has 3 nitrogen and oxygen atoms in total. The molecule has 1 saturated carbocycles. The minimum atomic E-state index is -0.609. The van der Waals surface area contributed by atoms with Gasteiger partial charge in [0.2, 0.25) is 0 Å². The van der Waals surface area contributed by atoms with Gasteiger partial charge in [0, 0.05) is 10.9 Å². The zero-order valence-electron chi connectivity index (χ0n) is 10.5. The van der Waals surface area contributed by atoms with E-state index in [1.807, 2.05) is 18.2 Å². The van der Waals surface area contributed by atoms with E-state index < -0.39 is 5.54 Å². The monoisotopic (exact) mass is 311 g/mol. The maximum Gasteiger partial charge on any atom is 0.157 e. The smallest absolute Gasteiger partial charge is 0.157 e. The predicted octanol–water partition coefficient (Wildman–Crippen LogP) is 2.84. The van der Waals surface area contributed by atoms with Crippen LogP contribution in [-0.2, 0) is 11.2 Å². The molecule has 0 heterocycles. The lowest BCUT2D eigenvalue weighted by Gasteiger charge is -2.22. The summed E-state index contributed by atoms with van der Waals surface area (Å²) in [4.78, 5) is 12.3. The molecule has 1 aromatic rings. The fourth-order valence-electron chi connectivity index (χ4n) is 2.45. The van der Waals surface area contributed by atoms with Crippen molar-refractivity contribution < 1.29 is 9.53 Å². The number of hydrogen-bond donors (Lipinski definition) is 1. The van der Waals surface area contributed by atoms with Crippen LogP contribution in [0.2, 0.25) is 0 Å². The normalized spacial score (nSPS) is 17.7. The largest absolute Gasteiger partial charge is 0.497 e. The minimum Gasteiger partial charge on any atom is -0.497 e. The Hall–Kier alpha value is -0.870. The lowest BCUT2D eigenvalue weighted by Crippen LogP contribution is -2.46. The second kappa shape index (κ2) is 5.41. The minimum absolute atomic E-state index is 0.133. The zero-order valence-corrected chi connectivity index (χ0v) is 12.1. The Labute approximate surface area is 116 Å². The van der Waals surface area contributed by atoms with E-state index in [-0.39, 0.29) is 5.78 Å². The Morgan fingerprint density at radius 2 is 2.11 bits per heavy atom. The van der Waals surface area contributed by atoms with Gasteiger partial charge in [0.15, 0.2) is 5.78 Å². The summed E-state index contributed by atoms with van der Waals surface area (Å²) in [6.45, 7) is 0. The lowest BCUT2D eigenvalue weighted by atomic mass is 9.89. The molecule has 1 aliphatic rings. The van der Waals surface area contributed by atoms with Crippen molar-refractivity contribution in [3.63, 3.8) is 0 Å². The highest BCUT2D eigenvalue weighted by atomic mass is 79.9. The van der Waals surface area contributed by atoms with E-state index in [4.69, 9.17) is 10.5 Å². The number of nitrogens with two attached hydrogens (primary N) is 1. The Balaban J connectivity index is 2.16. The number of hydrogen-bond acceptors (Lipinski definition) is 3. The van der Waals surface area contributed by atoms with Crippen LogP contribution < -0.4 is 10.5 Å². The molecule has 0 saturated heterocycles. The number of carbonyl (C=O) groups excluding carboxylic acids is 1. The summed E-state index contributed by atoms with van der Waals surface area (Å²) in [5, 5.41) is 0. The van der Waals surface area contributed by atoms with Crippen molar-refractivity contribution in [3.8, 4) is 5.75 Å². The van der Waals surface area contributed by atoms with E-state index >= 15 is 0 Å². The van der Waals surface area contributed by atoms with E-state index in [2.05, 4.69) is 15.9 Å². The van der Waals surface area contributed by atoms with Gasteiger partial charge in [-0.25, -0.2) is 0 Å². The van der Waals surface area contributed by atoms with Gasteiger partial charge >= 0.3 is 0 Å². The number of halogens is 1. The fourth-order valence-corrected chi connectivity index (χ4v) is 2.83. The Bertz CT molecular complexity index is 453. The van der Waals surface area contributed by atoms with Crippen LogP contribution in [0, 0.1) is 0 Å². The molecular formula is C14H18BrNO2. The van der Waals surface area contributed by atoms with Gasteiger partial charge in [-0.1, -0.05) is 28.8 Å². The predicted molar refractivity (Wildman–Crippen MR) is 74.8 cm³/mol. The van der Waals surface area contributed by atoms with E-state index in [0.717, 1.165) is 41.5 Å². The highest BCUT2D eigenvalue weighted by Gasteiger charge is 2.36. The van der Waals surface area contributed by atoms with Gasteiger partial charge in [0.25, 0.3) is 0 Å². The van der Waals surface area contributed by atoms with Gasteiger partial charge in [-0.05, 0) is 36.6 Å². The first-order valence-corrected chi connectivity index (χ1v) is 6.99. The van der Waals surface area contributed by atoms with Crippen LogP contribution in [0.4, 0.5) is 0 Å². The molecule has 2 rings (SSSR count). The summed E-state index contributed by atoms with van der Waals surface area (Å²) in [6, 6.07) is 5.66. The molecule has 0 atom stereocenters. The second-order valence-electron chi connectivity index (χ2n) is 4.92. The molecule has 18 heavy (non-hydrogen) atoms. The summed E-state index contributed by atoms with van der Waals surface area (Å²) in [5.74, 6) is 0.896. The number of carbonyl (C=O) groups is 1. The van der Waals surface area contributed by atoms with Gasteiger partial charge in [-0.2, -0.15) is 0 Å². The quantitative estimate of drug-likeness (QED) is 0.930. The molecule has 0 spiro atoms. The van der Waals surface area contributed by atoms with Gasteiger partial charge in [0.1, 0.15) is 5.75 Å². The fraction of sp³-hybridized carbons (Fsp3) is 0.500. The Kier molecular flexibility index (Phi) is 4.07. The van der Waals surface area contributed by atoms with Crippen molar-refractivity contribution in [2.75, 3.05) is 7.11 Å². The summed E-state index contributed by atoms with van der Waals surface area (Å²) in [6.07, 6.45) is 4.11. The number of ether oxygens (including phenoxy) is 1. The van der Waals surface area contributed by atoms with Gasteiger partial charge in [-0.3, -0.25) is 4.79 Å². The molecule has 0 aliphatic heterocycles. The first-order chi connectivity index (χ1) is 8.55. The summed E-state index contributed by atoms with van der Waals surface area (Å²) in [5.41, 5.74) is 6.51. The first kappa shape index (κ1) is 13.6. The SMILES string of the molecule is COc1ccc(Br)c(CC(=O)C2(N)CCCC2)c1. The Morgan fingerprint density at radius 3 is 2.72 bits per heavy atom. The third-order valence-corrected chi connectivity index (χ3v) is 4.43. The van der Waals surface area contributed by atoms with E-state index in [1.165, 1.54) is 0 Å². The molecule has 4 heteroatoms. The maximum absolute atomic E-state index is 12.3. The highest BCUT2D eigenvalue weighted by molar-refractivity contribution is 9.10. The van der Waals surface area contributed by atoms with Crippen LogP contribution >= 0.6 is 15.9 Å². The average molecular weight is 312 g/mol.